The third-order valence-electron chi connectivity index (χ3n) is 3.16. The topological polar surface area (TPSA) is 21.3 Å². The first-order chi connectivity index (χ1) is 9.83. The number of benzene rings is 2. The summed E-state index contributed by atoms with van der Waals surface area (Å²) in [5.74, 6) is -0.211. The van der Waals surface area contributed by atoms with Crippen molar-refractivity contribution in [1.29, 1.82) is 0 Å². The van der Waals surface area contributed by atoms with Gasteiger partial charge in [-0.25, -0.2) is 0 Å². The Morgan fingerprint density at radius 3 is 2.19 bits per heavy atom. The second-order valence-corrected chi connectivity index (χ2v) is 4.84. The maximum Gasteiger partial charge on any atom is 0.573 e. The van der Waals surface area contributed by atoms with Gasteiger partial charge in [-0.3, -0.25) is 0 Å². The van der Waals surface area contributed by atoms with Crippen LogP contribution >= 0.6 is 0 Å². The standard InChI is InChI=1S/C16H16F3NO/c1-11-3-6-14(9-12(11)2)20-10-13-4-7-15(8-5-13)21-16(17,18)19/h3-9,20H,10H2,1-2H3. The zero-order chi connectivity index (χ0) is 15.5. The molecule has 0 amide bonds. The molecule has 0 atom stereocenters. The summed E-state index contributed by atoms with van der Waals surface area (Å²) in [5.41, 5.74) is 4.26. The van der Waals surface area contributed by atoms with Gasteiger partial charge in [0.05, 0.1) is 0 Å². The van der Waals surface area contributed by atoms with E-state index >= 15 is 0 Å². The highest BCUT2D eigenvalue weighted by atomic mass is 19.4. The monoisotopic (exact) mass is 295 g/mol. The first kappa shape index (κ1) is 15.2. The Bertz CT molecular complexity index is 606. The van der Waals surface area contributed by atoms with Gasteiger partial charge in [-0.15, -0.1) is 13.2 Å². The summed E-state index contributed by atoms with van der Waals surface area (Å²) >= 11 is 0. The minimum atomic E-state index is -4.65. The van der Waals surface area contributed by atoms with Crippen molar-refractivity contribution in [2.24, 2.45) is 0 Å². The van der Waals surface area contributed by atoms with Crippen LogP contribution in [0.25, 0.3) is 0 Å². The number of nitrogens with one attached hydrogen (secondary N) is 1. The molecule has 0 aliphatic heterocycles. The number of ether oxygens (including phenoxy) is 1. The highest BCUT2D eigenvalue weighted by Gasteiger charge is 2.30. The molecular formula is C16H16F3NO. The van der Waals surface area contributed by atoms with Gasteiger partial charge in [0.2, 0.25) is 0 Å². The van der Waals surface area contributed by atoms with E-state index in [9.17, 15) is 13.2 Å². The molecule has 0 aliphatic rings. The van der Waals surface area contributed by atoms with Gasteiger partial charge in [0.25, 0.3) is 0 Å². The van der Waals surface area contributed by atoms with Crippen molar-refractivity contribution in [3.63, 3.8) is 0 Å². The van der Waals surface area contributed by atoms with E-state index in [4.69, 9.17) is 0 Å². The first-order valence-corrected chi connectivity index (χ1v) is 6.49. The van der Waals surface area contributed by atoms with E-state index < -0.39 is 6.36 Å². The van der Waals surface area contributed by atoms with Gasteiger partial charge in [-0.2, -0.15) is 0 Å². The summed E-state index contributed by atoms with van der Waals surface area (Å²) < 4.78 is 40.0. The van der Waals surface area contributed by atoms with E-state index in [0.29, 0.717) is 6.54 Å². The van der Waals surface area contributed by atoms with Crippen LogP contribution < -0.4 is 10.1 Å². The molecule has 1 N–H and O–H groups in total. The number of alkyl halides is 3. The van der Waals surface area contributed by atoms with Crippen LogP contribution in [0.2, 0.25) is 0 Å². The van der Waals surface area contributed by atoms with E-state index in [2.05, 4.69) is 10.1 Å². The van der Waals surface area contributed by atoms with Crippen LogP contribution in [-0.2, 0) is 6.54 Å². The third kappa shape index (κ3) is 4.70. The van der Waals surface area contributed by atoms with Crippen molar-refractivity contribution in [2.75, 3.05) is 5.32 Å². The molecule has 0 saturated heterocycles. The predicted molar refractivity (Wildman–Crippen MR) is 76.4 cm³/mol. The number of hydrogen-bond donors (Lipinski definition) is 1. The van der Waals surface area contributed by atoms with Crippen molar-refractivity contribution in [2.45, 2.75) is 26.8 Å². The lowest BCUT2D eigenvalue weighted by molar-refractivity contribution is -0.274. The smallest absolute Gasteiger partial charge is 0.406 e. The molecule has 2 aromatic carbocycles. The Kier molecular flexibility index (Phi) is 4.40. The van der Waals surface area contributed by atoms with Crippen LogP contribution in [0.4, 0.5) is 18.9 Å². The Hall–Kier alpha value is -2.17. The zero-order valence-electron chi connectivity index (χ0n) is 11.8. The van der Waals surface area contributed by atoms with Gasteiger partial charge in [0.15, 0.2) is 0 Å². The van der Waals surface area contributed by atoms with Gasteiger partial charge in [-0.05, 0) is 54.8 Å². The molecule has 0 radical (unpaired) electrons. The zero-order valence-corrected chi connectivity index (χ0v) is 11.8. The first-order valence-electron chi connectivity index (χ1n) is 6.49. The lowest BCUT2D eigenvalue weighted by atomic mass is 10.1. The SMILES string of the molecule is Cc1ccc(NCc2ccc(OC(F)(F)F)cc2)cc1C. The Balaban J connectivity index is 1.96. The summed E-state index contributed by atoms with van der Waals surface area (Å²) in [6.07, 6.45) is -4.65. The maximum atomic E-state index is 12.0. The molecule has 0 unspecified atom stereocenters. The predicted octanol–water partition coefficient (Wildman–Crippen LogP) is 4.81. The molecule has 0 aromatic heterocycles. The molecule has 5 heteroatoms. The van der Waals surface area contributed by atoms with Crippen LogP contribution in [0, 0.1) is 13.8 Å². The highest BCUT2D eigenvalue weighted by Crippen LogP contribution is 2.23. The largest absolute Gasteiger partial charge is 0.573 e. The second-order valence-electron chi connectivity index (χ2n) is 4.84. The summed E-state index contributed by atoms with van der Waals surface area (Å²) in [7, 11) is 0. The Morgan fingerprint density at radius 1 is 0.952 bits per heavy atom. The third-order valence-corrected chi connectivity index (χ3v) is 3.16. The molecule has 0 fully saturated rings. The molecule has 0 aliphatic carbocycles. The van der Waals surface area contributed by atoms with Gasteiger partial charge < -0.3 is 10.1 Å². The summed E-state index contributed by atoms with van der Waals surface area (Å²) in [6, 6.07) is 11.9. The minimum absolute atomic E-state index is 0.211. The molecular weight excluding hydrogens is 279 g/mol. The molecule has 0 heterocycles. The second kappa shape index (κ2) is 6.08. The van der Waals surface area contributed by atoms with E-state index in [1.807, 2.05) is 32.0 Å². The van der Waals surface area contributed by atoms with Gasteiger partial charge in [0, 0.05) is 12.2 Å². The number of rotatable bonds is 4. The van der Waals surface area contributed by atoms with Crippen LogP contribution in [0.3, 0.4) is 0 Å². The lowest BCUT2D eigenvalue weighted by Gasteiger charge is -2.11. The van der Waals surface area contributed by atoms with E-state index in [1.54, 1.807) is 12.1 Å². The summed E-state index contributed by atoms with van der Waals surface area (Å²) in [6.45, 7) is 4.61. The van der Waals surface area contributed by atoms with Crippen LogP contribution in [0.5, 0.6) is 5.75 Å². The number of aryl methyl sites for hydroxylation is 2. The van der Waals surface area contributed by atoms with E-state index in [-0.39, 0.29) is 5.75 Å². The molecule has 0 bridgehead atoms. The fourth-order valence-electron chi connectivity index (χ4n) is 1.86. The average molecular weight is 295 g/mol. The van der Waals surface area contributed by atoms with Crippen molar-refractivity contribution in [1.82, 2.24) is 0 Å². The minimum Gasteiger partial charge on any atom is -0.406 e. The van der Waals surface area contributed by atoms with E-state index in [1.165, 1.54) is 23.3 Å². The molecule has 2 aromatic rings. The van der Waals surface area contributed by atoms with Gasteiger partial charge in [0.1, 0.15) is 5.75 Å². The number of anilines is 1. The van der Waals surface area contributed by atoms with Gasteiger partial charge >= 0.3 is 6.36 Å². The molecule has 2 rings (SSSR count). The Morgan fingerprint density at radius 2 is 1.62 bits per heavy atom. The van der Waals surface area contributed by atoms with Crippen molar-refractivity contribution < 1.29 is 17.9 Å². The summed E-state index contributed by atoms with van der Waals surface area (Å²) in [4.78, 5) is 0. The molecule has 112 valence electrons. The molecule has 0 spiro atoms. The van der Waals surface area contributed by atoms with Crippen molar-refractivity contribution in [3.8, 4) is 5.75 Å². The van der Waals surface area contributed by atoms with Crippen LogP contribution in [0.15, 0.2) is 42.5 Å². The average Bonchev–Trinajstić information content (AvgIpc) is 2.40. The van der Waals surface area contributed by atoms with Crippen molar-refractivity contribution >= 4 is 5.69 Å². The normalized spacial score (nSPS) is 11.3. The quantitative estimate of drug-likeness (QED) is 0.873. The fraction of sp³-hybridized carbons (Fsp3) is 0.250. The number of halogens is 3. The van der Waals surface area contributed by atoms with E-state index in [0.717, 1.165) is 11.3 Å². The molecule has 2 nitrogen and oxygen atoms in total. The lowest BCUT2D eigenvalue weighted by Crippen LogP contribution is -2.17. The highest BCUT2D eigenvalue weighted by molar-refractivity contribution is 5.48. The molecule has 0 saturated carbocycles. The maximum absolute atomic E-state index is 12.0. The van der Waals surface area contributed by atoms with Crippen LogP contribution in [-0.4, -0.2) is 6.36 Å². The van der Waals surface area contributed by atoms with Gasteiger partial charge in [-0.1, -0.05) is 18.2 Å². The van der Waals surface area contributed by atoms with Crippen LogP contribution in [0.1, 0.15) is 16.7 Å². The number of hydrogen-bond acceptors (Lipinski definition) is 2. The fourth-order valence-corrected chi connectivity index (χ4v) is 1.86. The Labute approximate surface area is 121 Å². The summed E-state index contributed by atoms with van der Waals surface area (Å²) in [5, 5.41) is 3.23. The van der Waals surface area contributed by atoms with Crippen molar-refractivity contribution in [3.05, 3.63) is 59.2 Å². The molecule has 21 heavy (non-hydrogen) atoms.